The fraction of sp³-hybridized carbons (Fsp3) is 0.913. The van der Waals surface area contributed by atoms with Crippen molar-refractivity contribution in [3.63, 3.8) is 0 Å². The highest BCUT2D eigenvalue weighted by atomic mass is 16.2. The molecule has 0 radical (unpaired) electrons. The van der Waals surface area contributed by atoms with Crippen LogP contribution in [0.5, 0.6) is 0 Å². The van der Waals surface area contributed by atoms with Crippen molar-refractivity contribution in [1.29, 1.82) is 0 Å². The lowest BCUT2D eigenvalue weighted by Crippen LogP contribution is -2.52. The van der Waals surface area contributed by atoms with Crippen LogP contribution in [0.25, 0.3) is 0 Å². The number of carbonyl (C=O) groups is 2. The van der Waals surface area contributed by atoms with Gasteiger partial charge in [0.05, 0.1) is 0 Å². The summed E-state index contributed by atoms with van der Waals surface area (Å²) in [4.78, 5) is 31.8. The lowest BCUT2D eigenvalue weighted by molar-refractivity contribution is -0.126. The first-order valence-electron chi connectivity index (χ1n) is 12.2. The van der Waals surface area contributed by atoms with E-state index in [0.717, 1.165) is 77.9 Å². The predicted octanol–water partition coefficient (Wildman–Crippen LogP) is 2.38. The van der Waals surface area contributed by atoms with Crippen LogP contribution in [-0.2, 0) is 4.79 Å². The fourth-order valence-electron chi connectivity index (χ4n) is 4.59. The summed E-state index contributed by atoms with van der Waals surface area (Å²) in [6.07, 6.45) is 4.59. The number of hydrogen-bond acceptors (Lipinski definition) is 4. The third-order valence-corrected chi connectivity index (χ3v) is 6.54. The molecule has 0 aromatic carbocycles. The molecule has 7 heteroatoms. The largest absolute Gasteiger partial charge is 0.356 e. The zero-order valence-corrected chi connectivity index (χ0v) is 19.8. The molecule has 2 heterocycles. The number of nitrogens with zero attached hydrogens (tertiary/aromatic N) is 3. The molecule has 0 bridgehead atoms. The van der Waals surface area contributed by atoms with Crippen molar-refractivity contribution < 1.29 is 9.59 Å². The Hall–Kier alpha value is -1.34. The van der Waals surface area contributed by atoms with Gasteiger partial charge < -0.3 is 25.3 Å². The molecule has 2 fully saturated rings. The van der Waals surface area contributed by atoms with Crippen molar-refractivity contribution in [2.45, 2.75) is 65.8 Å². The monoisotopic (exact) mass is 423 g/mol. The molecule has 2 aliphatic heterocycles. The maximum absolute atomic E-state index is 12.6. The van der Waals surface area contributed by atoms with E-state index in [-0.39, 0.29) is 23.9 Å². The average molecular weight is 424 g/mol. The van der Waals surface area contributed by atoms with E-state index in [2.05, 4.69) is 48.1 Å². The highest BCUT2D eigenvalue weighted by molar-refractivity contribution is 5.79. The second-order valence-electron chi connectivity index (χ2n) is 9.35. The van der Waals surface area contributed by atoms with Crippen molar-refractivity contribution >= 4 is 11.9 Å². The summed E-state index contributed by atoms with van der Waals surface area (Å²) >= 11 is 0. The van der Waals surface area contributed by atoms with Gasteiger partial charge in [-0.1, -0.05) is 27.7 Å². The summed E-state index contributed by atoms with van der Waals surface area (Å²) in [5, 5.41) is 6.32. The molecular formula is C23H45N5O2. The third kappa shape index (κ3) is 8.42. The Morgan fingerprint density at radius 1 is 1.00 bits per heavy atom. The topological polar surface area (TPSA) is 67.9 Å². The van der Waals surface area contributed by atoms with Gasteiger partial charge in [0, 0.05) is 51.2 Å². The van der Waals surface area contributed by atoms with Gasteiger partial charge in [-0.2, -0.15) is 0 Å². The molecule has 0 atom stereocenters. The van der Waals surface area contributed by atoms with Crippen molar-refractivity contribution in [2.24, 2.45) is 11.8 Å². The van der Waals surface area contributed by atoms with Gasteiger partial charge >= 0.3 is 6.03 Å². The standard InChI is InChI=1S/C23H45N5O2/c1-5-26(6-2)13-7-12-24-22(29)20-8-16-28(17-9-20)23(30)25-21-10-14-27(15-11-21)18-19(3)4/h19-21H,5-18H2,1-4H3,(H,24,29)(H,25,30). The van der Waals surface area contributed by atoms with E-state index in [0.29, 0.717) is 19.0 Å². The highest BCUT2D eigenvalue weighted by Crippen LogP contribution is 2.18. The van der Waals surface area contributed by atoms with E-state index in [1.54, 1.807) is 0 Å². The Morgan fingerprint density at radius 3 is 2.20 bits per heavy atom. The Kier molecular flexibility index (Phi) is 10.9. The normalized spacial score (nSPS) is 19.5. The van der Waals surface area contributed by atoms with E-state index in [1.165, 1.54) is 0 Å². The van der Waals surface area contributed by atoms with Gasteiger partial charge in [0.25, 0.3) is 0 Å². The summed E-state index contributed by atoms with van der Waals surface area (Å²) in [7, 11) is 0. The molecule has 0 aliphatic carbocycles. The Labute approximate surface area is 183 Å². The number of urea groups is 1. The lowest BCUT2D eigenvalue weighted by Gasteiger charge is -2.36. The van der Waals surface area contributed by atoms with Crippen LogP contribution >= 0.6 is 0 Å². The van der Waals surface area contributed by atoms with Crippen LogP contribution < -0.4 is 10.6 Å². The van der Waals surface area contributed by atoms with Crippen molar-refractivity contribution in [3.05, 3.63) is 0 Å². The van der Waals surface area contributed by atoms with Crippen molar-refractivity contribution in [2.75, 3.05) is 58.9 Å². The molecule has 0 spiro atoms. The molecule has 3 amide bonds. The molecule has 0 unspecified atom stereocenters. The Bertz CT molecular complexity index is 508. The van der Waals surface area contributed by atoms with Gasteiger partial charge in [0.15, 0.2) is 0 Å². The first-order chi connectivity index (χ1) is 14.4. The summed E-state index contributed by atoms with van der Waals surface area (Å²) in [6.45, 7) is 17.4. The second kappa shape index (κ2) is 13.2. The number of carbonyl (C=O) groups excluding carboxylic acids is 2. The van der Waals surface area contributed by atoms with Crippen LogP contribution in [0.2, 0.25) is 0 Å². The first-order valence-corrected chi connectivity index (χ1v) is 12.2. The summed E-state index contributed by atoms with van der Waals surface area (Å²) < 4.78 is 0. The smallest absolute Gasteiger partial charge is 0.317 e. The Balaban J connectivity index is 1.60. The molecule has 0 aromatic heterocycles. The van der Waals surface area contributed by atoms with Crippen LogP contribution in [0.15, 0.2) is 0 Å². The molecule has 2 rings (SSSR count). The van der Waals surface area contributed by atoms with Crippen LogP contribution in [-0.4, -0.2) is 91.6 Å². The molecule has 174 valence electrons. The number of likely N-dealkylation sites (tertiary alicyclic amines) is 2. The van der Waals surface area contributed by atoms with Gasteiger partial charge in [0.2, 0.25) is 5.91 Å². The van der Waals surface area contributed by atoms with Gasteiger partial charge in [0.1, 0.15) is 0 Å². The van der Waals surface area contributed by atoms with Crippen molar-refractivity contribution in [3.8, 4) is 0 Å². The van der Waals surface area contributed by atoms with Gasteiger partial charge in [-0.15, -0.1) is 0 Å². The molecular weight excluding hydrogens is 378 g/mol. The maximum atomic E-state index is 12.6. The number of rotatable bonds is 10. The maximum Gasteiger partial charge on any atom is 0.317 e. The SMILES string of the molecule is CCN(CC)CCCNC(=O)C1CCN(C(=O)NC2CCN(CC(C)C)CC2)CC1. The minimum atomic E-state index is 0.0433. The molecule has 7 nitrogen and oxygen atoms in total. The number of piperidine rings is 2. The molecule has 30 heavy (non-hydrogen) atoms. The quantitative estimate of drug-likeness (QED) is 0.530. The van der Waals surface area contributed by atoms with E-state index < -0.39 is 0 Å². The lowest BCUT2D eigenvalue weighted by atomic mass is 9.96. The van der Waals surface area contributed by atoms with E-state index in [4.69, 9.17) is 0 Å². The van der Waals surface area contributed by atoms with Crippen LogP contribution in [0.1, 0.15) is 59.8 Å². The van der Waals surface area contributed by atoms with Gasteiger partial charge in [-0.3, -0.25) is 4.79 Å². The zero-order valence-electron chi connectivity index (χ0n) is 19.8. The molecule has 0 saturated carbocycles. The molecule has 0 aromatic rings. The fourth-order valence-corrected chi connectivity index (χ4v) is 4.59. The summed E-state index contributed by atoms with van der Waals surface area (Å²) in [5.74, 6) is 0.894. The Morgan fingerprint density at radius 2 is 1.63 bits per heavy atom. The van der Waals surface area contributed by atoms with Gasteiger partial charge in [-0.05, 0) is 57.7 Å². The zero-order chi connectivity index (χ0) is 21.9. The summed E-state index contributed by atoms with van der Waals surface area (Å²) in [6, 6.07) is 0.336. The second-order valence-corrected chi connectivity index (χ2v) is 9.35. The minimum Gasteiger partial charge on any atom is -0.356 e. The number of hydrogen-bond donors (Lipinski definition) is 2. The highest BCUT2D eigenvalue weighted by Gasteiger charge is 2.29. The third-order valence-electron chi connectivity index (χ3n) is 6.54. The molecule has 2 saturated heterocycles. The van der Waals surface area contributed by atoms with E-state index in [1.807, 2.05) is 4.90 Å². The molecule has 2 aliphatic rings. The minimum absolute atomic E-state index is 0.0433. The van der Waals surface area contributed by atoms with E-state index >= 15 is 0 Å². The summed E-state index contributed by atoms with van der Waals surface area (Å²) in [5.41, 5.74) is 0. The van der Waals surface area contributed by atoms with Crippen LogP contribution in [0.4, 0.5) is 4.79 Å². The molecule has 2 N–H and O–H groups in total. The number of amides is 3. The van der Waals surface area contributed by atoms with Crippen LogP contribution in [0.3, 0.4) is 0 Å². The first kappa shape index (κ1) is 24.9. The van der Waals surface area contributed by atoms with E-state index in [9.17, 15) is 9.59 Å². The van der Waals surface area contributed by atoms with Crippen molar-refractivity contribution in [1.82, 2.24) is 25.3 Å². The number of nitrogens with one attached hydrogen (secondary N) is 2. The van der Waals surface area contributed by atoms with Gasteiger partial charge in [-0.25, -0.2) is 4.79 Å². The van der Waals surface area contributed by atoms with Crippen LogP contribution in [0, 0.1) is 11.8 Å². The predicted molar refractivity (Wildman–Crippen MR) is 123 cm³/mol. The average Bonchev–Trinajstić information content (AvgIpc) is 2.75.